The number of nitrogens with zero attached hydrogens (tertiary/aromatic N) is 1. The Morgan fingerprint density at radius 1 is 0.963 bits per heavy atom. The van der Waals surface area contributed by atoms with Gasteiger partial charge in [0.05, 0.1) is 17.2 Å². The van der Waals surface area contributed by atoms with Crippen LogP contribution in [-0.4, -0.2) is 20.0 Å². The molecule has 27 heavy (non-hydrogen) atoms. The van der Waals surface area contributed by atoms with E-state index in [1.165, 1.54) is 12.1 Å². The Balaban J connectivity index is 1.83. The third-order valence-corrected chi connectivity index (χ3v) is 5.19. The normalized spacial score (nSPS) is 11.4. The van der Waals surface area contributed by atoms with Gasteiger partial charge in [-0.25, -0.2) is 8.42 Å². The predicted molar refractivity (Wildman–Crippen MR) is 108 cm³/mol. The first-order valence-electron chi connectivity index (χ1n) is 8.51. The smallest absolute Gasteiger partial charge is 0.261 e. The Bertz CT molecular complexity index is 1010. The molecular weight excluding hydrogens is 360 g/mol. The minimum absolute atomic E-state index is 0.180. The van der Waals surface area contributed by atoms with Gasteiger partial charge >= 0.3 is 0 Å². The Kier molecular flexibility index (Phi) is 5.88. The number of rotatable bonds is 7. The molecule has 3 rings (SSSR count). The quantitative estimate of drug-likeness (QED) is 0.657. The van der Waals surface area contributed by atoms with Crippen LogP contribution >= 0.6 is 0 Å². The fourth-order valence-electron chi connectivity index (χ4n) is 2.48. The van der Waals surface area contributed by atoms with Crippen molar-refractivity contribution in [2.45, 2.75) is 11.8 Å². The minimum Gasteiger partial charge on any atom is -0.494 e. The van der Waals surface area contributed by atoms with E-state index in [9.17, 15) is 8.42 Å². The lowest BCUT2D eigenvalue weighted by molar-refractivity contribution is 0.340. The van der Waals surface area contributed by atoms with Crippen molar-refractivity contribution in [3.8, 4) is 5.75 Å². The third-order valence-electron chi connectivity index (χ3n) is 3.81. The van der Waals surface area contributed by atoms with Gasteiger partial charge in [0.25, 0.3) is 10.0 Å². The Morgan fingerprint density at radius 3 is 2.37 bits per heavy atom. The molecule has 0 fully saturated rings. The molecule has 0 aliphatic heterocycles. The summed E-state index contributed by atoms with van der Waals surface area (Å²) in [6, 6.07) is 17.4. The summed E-state index contributed by atoms with van der Waals surface area (Å²) in [5.41, 5.74) is 2.26. The highest BCUT2D eigenvalue weighted by molar-refractivity contribution is 7.92. The summed E-state index contributed by atoms with van der Waals surface area (Å²) in [6.07, 6.45) is 7.19. The van der Waals surface area contributed by atoms with Crippen LogP contribution in [0.3, 0.4) is 0 Å². The van der Waals surface area contributed by atoms with Crippen LogP contribution < -0.4 is 9.46 Å². The SMILES string of the molecule is CCOc1ccc(S(=O)(=O)Nc2ccccc2/C=C/c2ccncc2)cc1. The minimum atomic E-state index is -3.70. The highest BCUT2D eigenvalue weighted by Crippen LogP contribution is 2.23. The largest absolute Gasteiger partial charge is 0.494 e. The van der Waals surface area contributed by atoms with Crippen molar-refractivity contribution in [3.63, 3.8) is 0 Å². The average molecular weight is 380 g/mol. The standard InChI is InChI=1S/C21H20N2O3S/c1-2-26-19-9-11-20(12-10-19)27(24,25)23-21-6-4-3-5-18(21)8-7-17-13-15-22-16-14-17/h3-16,23H,2H2,1H3/b8-7+. The lowest BCUT2D eigenvalue weighted by atomic mass is 10.1. The van der Waals surface area contributed by atoms with Gasteiger partial charge in [0.15, 0.2) is 0 Å². The van der Waals surface area contributed by atoms with Gasteiger partial charge in [-0.2, -0.15) is 0 Å². The molecule has 0 saturated carbocycles. The fourth-order valence-corrected chi connectivity index (χ4v) is 3.57. The van der Waals surface area contributed by atoms with Crippen molar-refractivity contribution < 1.29 is 13.2 Å². The molecule has 1 N–H and O–H groups in total. The molecule has 0 saturated heterocycles. The maximum atomic E-state index is 12.7. The Hall–Kier alpha value is -3.12. The number of hydrogen-bond acceptors (Lipinski definition) is 4. The van der Waals surface area contributed by atoms with E-state index in [2.05, 4.69) is 9.71 Å². The van der Waals surface area contributed by atoms with Crippen molar-refractivity contribution in [1.82, 2.24) is 4.98 Å². The van der Waals surface area contributed by atoms with E-state index in [0.717, 1.165) is 11.1 Å². The third kappa shape index (κ3) is 4.95. The number of pyridine rings is 1. The molecule has 3 aromatic rings. The molecule has 1 aromatic heterocycles. The zero-order chi connectivity index (χ0) is 19.1. The summed E-state index contributed by atoms with van der Waals surface area (Å²) in [7, 11) is -3.70. The summed E-state index contributed by atoms with van der Waals surface area (Å²) < 4.78 is 33.4. The van der Waals surface area contributed by atoms with Crippen molar-refractivity contribution in [2.75, 3.05) is 11.3 Å². The summed E-state index contributed by atoms with van der Waals surface area (Å²) >= 11 is 0. The maximum Gasteiger partial charge on any atom is 0.261 e. The first-order chi connectivity index (χ1) is 13.1. The molecule has 138 valence electrons. The van der Waals surface area contributed by atoms with Crippen LogP contribution in [0, 0.1) is 0 Å². The second-order valence-electron chi connectivity index (χ2n) is 5.71. The highest BCUT2D eigenvalue weighted by atomic mass is 32.2. The summed E-state index contributed by atoms with van der Waals surface area (Å²) in [6.45, 7) is 2.41. The number of nitrogens with one attached hydrogen (secondary N) is 1. The van der Waals surface area contributed by atoms with E-state index in [1.54, 1.807) is 36.7 Å². The van der Waals surface area contributed by atoms with E-state index in [1.807, 2.05) is 43.3 Å². The van der Waals surface area contributed by atoms with Gasteiger partial charge in [0.2, 0.25) is 0 Å². The van der Waals surface area contributed by atoms with Crippen LogP contribution in [-0.2, 0) is 10.0 Å². The molecule has 0 aliphatic rings. The lowest BCUT2D eigenvalue weighted by Gasteiger charge is -2.11. The highest BCUT2D eigenvalue weighted by Gasteiger charge is 2.15. The molecule has 0 radical (unpaired) electrons. The summed E-state index contributed by atoms with van der Waals surface area (Å²) in [5.74, 6) is 0.636. The fraction of sp³-hybridized carbons (Fsp3) is 0.0952. The van der Waals surface area contributed by atoms with Crippen LogP contribution in [0.25, 0.3) is 12.2 Å². The van der Waals surface area contributed by atoms with Crippen molar-refractivity contribution >= 4 is 27.9 Å². The summed E-state index contributed by atoms with van der Waals surface area (Å²) in [5, 5.41) is 0. The van der Waals surface area contributed by atoms with E-state index < -0.39 is 10.0 Å². The Morgan fingerprint density at radius 2 is 1.67 bits per heavy atom. The number of para-hydroxylation sites is 1. The molecule has 2 aromatic carbocycles. The molecular formula is C21H20N2O3S. The predicted octanol–water partition coefficient (Wildman–Crippen LogP) is 4.45. The van der Waals surface area contributed by atoms with Gasteiger partial charge in [-0.05, 0) is 60.5 Å². The first-order valence-corrected chi connectivity index (χ1v) is 9.99. The molecule has 0 amide bonds. The van der Waals surface area contributed by atoms with Gasteiger partial charge in [-0.1, -0.05) is 30.4 Å². The van der Waals surface area contributed by atoms with E-state index in [0.29, 0.717) is 18.0 Å². The van der Waals surface area contributed by atoms with Gasteiger partial charge in [0, 0.05) is 12.4 Å². The van der Waals surface area contributed by atoms with Crippen LogP contribution in [0.15, 0.2) is 78.0 Å². The molecule has 0 atom stereocenters. The van der Waals surface area contributed by atoms with Crippen molar-refractivity contribution in [1.29, 1.82) is 0 Å². The van der Waals surface area contributed by atoms with Gasteiger partial charge in [0.1, 0.15) is 5.75 Å². The van der Waals surface area contributed by atoms with Crippen LogP contribution in [0.4, 0.5) is 5.69 Å². The number of ether oxygens (including phenoxy) is 1. The van der Waals surface area contributed by atoms with Gasteiger partial charge in [-0.3, -0.25) is 9.71 Å². The van der Waals surface area contributed by atoms with Crippen LogP contribution in [0.5, 0.6) is 5.75 Å². The lowest BCUT2D eigenvalue weighted by Crippen LogP contribution is -2.13. The molecule has 1 heterocycles. The average Bonchev–Trinajstić information content (AvgIpc) is 2.69. The number of sulfonamides is 1. The molecule has 0 aliphatic carbocycles. The molecule has 0 spiro atoms. The van der Waals surface area contributed by atoms with Crippen molar-refractivity contribution in [3.05, 3.63) is 84.2 Å². The van der Waals surface area contributed by atoms with Gasteiger partial charge in [-0.15, -0.1) is 0 Å². The second kappa shape index (κ2) is 8.51. The van der Waals surface area contributed by atoms with E-state index in [4.69, 9.17) is 4.74 Å². The molecule has 0 unspecified atom stereocenters. The topological polar surface area (TPSA) is 68.3 Å². The number of hydrogen-bond donors (Lipinski definition) is 1. The number of anilines is 1. The maximum absolute atomic E-state index is 12.7. The first kappa shape index (κ1) is 18.7. The zero-order valence-corrected chi connectivity index (χ0v) is 15.7. The summed E-state index contributed by atoms with van der Waals surface area (Å²) in [4.78, 5) is 4.16. The monoisotopic (exact) mass is 380 g/mol. The van der Waals surface area contributed by atoms with Gasteiger partial charge < -0.3 is 4.74 Å². The number of benzene rings is 2. The molecule has 6 heteroatoms. The number of aromatic nitrogens is 1. The van der Waals surface area contributed by atoms with E-state index >= 15 is 0 Å². The molecule has 0 bridgehead atoms. The van der Waals surface area contributed by atoms with E-state index in [-0.39, 0.29) is 4.90 Å². The zero-order valence-electron chi connectivity index (χ0n) is 14.9. The van der Waals surface area contributed by atoms with Crippen molar-refractivity contribution in [2.24, 2.45) is 0 Å². The second-order valence-corrected chi connectivity index (χ2v) is 7.39. The molecule has 5 nitrogen and oxygen atoms in total. The Labute approximate surface area is 159 Å². The van der Waals surface area contributed by atoms with Crippen LogP contribution in [0.2, 0.25) is 0 Å². The van der Waals surface area contributed by atoms with Crippen LogP contribution in [0.1, 0.15) is 18.1 Å².